The quantitative estimate of drug-likeness (QED) is 0.423. The third-order valence-corrected chi connectivity index (χ3v) is 10.4. The molecule has 0 heterocycles. The summed E-state index contributed by atoms with van der Waals surface area (Å²) in [6, 6.07) is 18.3. The molecule has 0 spiro atoms. The molecule has 0 radical (unpaired) electrons. The van der Waals surface area contributed by atoms with E-state index in [0.717, 1.165) is 23.3 Å². The lowest BCUT2D eigenvalue weighted by atomic mass is 10.1. The molecule has 1 aliphatic rings. The zero-order chi connectivity index (χ0) is 27.0. The Kier molecular flexibility index (Phi) is 6.89. The van der Waals surface area contributed by atoms with Gasteiger partial charge in [0.25, 0.3) is 10.0 Å². The van der Waals surface area contributed by atoms with Crippen LogP contribution in [0, 0.1) is 13.8 Å². The summed E-state index contributed by atoms with van der Waals surface area (Å²) < 4.78 is 83.1. The highest BCUT2D eigenvalue weighted by atomic mass is 32.2. The van der Waals surface area contributed by atoms with E-state index in [9.17, 15) is 30.0 Å². The Hall–Kier alpha value is -3.67. The summed E-state index contributed by atoms with van der Waals surface area (Å²) >= 11 is 0. The van der Waals surface area contributed by atoms with Gasteiger partial charge in [-0.05, 0) is 62.4 Å². The van der Waals surface area contributed by atoms with E-state index >= 15 is 0 Å². The van der Waals surface area contributed by atoms with Crippen LogP contribution >= 0.6 is 0 Å². The first-order valence-corrected chi connectivity index (χ1v) is 15.2. The molecule has 3 aromatic carbocycles. The number of nitrogens with zero attached hydrogens (tertiary/aromatic N) is 1. The number of carbonyl (C=O) groups is 1. The maximum Gasteiger partial charge on any atom is 0.282 e. The number of carbonyl (C=O) groups excluding carboxylic acids is 1. The van der Waals surface area contributed by atoms with E-state index in [4.69, 9.17) is 0 Å². The van der Waals surface area contributed by atoms with Crippen LogP contribution < -0.4 is 0 Å². The van der Waals surface area contributed by atoms with Gasteiger partial charge in [-0.1, -0.05) is 53.6 Å². The van der Waals surface area contributed by atoms with Crippen molar-refractivity contribution < 1.29 is 30.0 Å². The second-order valence-corrected chi connectivity index (χ2v) is 13.7. The van der Waals surface area contributed by atoms with Crippen molar-refractivity contribution in [3.63, 3.8) is 0 Å². The lowest BCUT2D eigenvalue weighted by Gasteiger charge is -2.16. The number of allylic oxidation sites excluding steroid dienone is 4. The van der Waals surface area contributed by atoms with Gasteiger partial charge in [-0.25, -0.2) is 16.8 Å². The Balaban J connectivity index is 1.94. The number of benzene rings is 3. The molecule has 3 aromatic rings. The van der Waals surface area contributed by atoms with E-state index in [-0.39, 0.29) is 14.7 Å². The molecule has 11 heteroatoms. The number of hydrogen-bond acceptors (Lipinski definition) is 7. The average molecular weight is 556 g/mol. The zero-order valence-electron chi connectivity index (χ0n) is 19.7. The summed E-state index contributed by atoms with van der Waals surface area (Å²) in [7, 11) is -13.4. The molecule has 37 heavy (non-hydrogen) atoms. The zero-order valence-corrected chi connectivity index (χ0v) is 22.1. The smallest absolute Gasteiger partial charge is 0.282 e. The Bertz CT molecular complexity index is 1700. The molecule has 0 N–H and O–H groups in total. The molecule has 8 nitrogen and oxygen atoms in total. The van der Waals surface area contributed by atoms with Gasteiger partial charge in [0.15, 0.2) is 0 Å². The minimum atomic E-state index is -4.53. The topological polar surface area (TPSA) is 132 Å². The Morgan fingerprint density at radius 3 is 1.35 bits per heavy atom. The highest BCUT2D eigenvalue weighted by Crippen LogP contribution is 2.31. The van der Waals surface area contributed by atoms with Crippen molar-refractivity contribution in [3.05, 3.63) is 112 Å². The first-order chi connectivity index (χ1) is 17.3. The molecule has 0 unspecified atom stereocenters. The van der Waals surface area contributed by atoms with Crippen LogP contribution in [0.4, 0.5) is 0 Å². The molecule has 0 atom stereocenters. The van der Waals surface area contributed by atoms with Crippen molar-refractivity contribution >= 4 is 41.2 Å². The van der Waals surface area contributed by atoms with Crippen LogP contribution in [0.5, 0.6) is 0 Å². The normalized spacial score (nSPS) is 14.6. The summed E-state index contributed by atoms with van der Waals surface area (Å²) in [6.07, 6.45) is 1.57. The predicted octanol–water partition coefficient (Wildman–Crippen LogP) is 3.73. The number of ketones is 1. The van der Waals surface area contributed by atoms with E-state index in [2.05, 4.69) is 4.40 Å². The minimum absolute atomic E-state index is 0.188. The van der Waals surface area contributed by atoms with Crippen molar-refractivity contribution in [1.82, 2.24) is 0 Å². The second-order valence-electron chi connectivity index (χ2n) is 8.28. The molecule has 0 fully saturated rings. The van der Waals surface area contributed by atoms with Gasteiger partial charge in [0.1, 0.15) is 9.81 Å². The summed E-state index contributed by atoms with van der Waals surface area (Å²) in [5.41, 5.74) is 1.02. The van der Waals surface area contributed by atoms with Gasteiger partial charge >= 0.3 is 0 Å². The van der Waals surface area contributed by atoms with Crippen LogP contribution in [-0.2, 0) is 34.5 Å². The number of aryl methyl sites for hydroxylation is 2. The number of rotatable bonds is 6. The molecular formula is C26H21NO7S3. The lowest BCUT2D eigenvalue weighted by molar-refractivity contribution is -0.111. The highest BCUT2D eigenvalue weighted by Gasteiger charge is 2.38. The Morgan fingerprint density at radius 2 is 0.946 bits per heavy atom. The van der Waals surface area contributed by atoms with Crippen molar-refractivity contribution in [2.75, 3.05) is 0 Å². The van der Waals surface area contributed by atoms with Crippen LogP contribution in [0.2, 0.25) is 0 Å². The molecule has 0 aliphatic heterocycles. The minimum Gasteiger partial charge on any atom is -0.287 e. The number of hydrogen-bond donors (Lipinski definition) is 0. The molecule has 0 saturated heterocycles. The van der Waals surface area contributed by atoms with Gasteiger partial charge in [-0.2, -0.15) is 12.8 Å². The third-order valence-electron chi connectivity index (χ3n) is 5.51. The van der Waals surface area contributed by atoms with Crippen LogP contribution in [0.25, 0.3) is 0 Å². The van der Waals surface area contributed by atoms with Crippen molar-refractivity contribution in [1.29, 1.82) is 0 Å². The van der Waals surface area contributed by atoms with E-state index < -0.39 is 51.0 Å². The summed E-state index contributed by atoms with van der Waals surface area (Å²) in [4.78, 5) is 10.9. The van der Waals surface area contributed by atoms with Crippen LogP contribution in [0.15, 0.2) is 120 Å². The number of Topliss-reactive ketones (excluding diaryl/α,β-unsaturated/α-hetero) is 1. The first kappa shape index (κ1) is 26.4. The van der Waals surface area contributed by atoms with Gasteiger partial charge in [-0.3, -0.25) is 4.79 Å². The van der Waals surface area contributed by atoms with E-state index in [1.165, 1.54) is 72.8 Å². The molecule has 4 rings (SSSR count). The van der Waals surface area contributed by atoms with E-state index in [0.29, 0.717) is 0 Å². The highest BCUT2D eigenvalue weighted by molar-refractivity contribution is 7.98. The lowest BCUT2D eigenvalue weighted by Crippen LogP contribution is -2.26. The summed E-state index contributed by atoms with van der Waals surface area (Å²) in [6.45, 7) is 3.49. The monoisotopic (exact) mass is 555 g/mol. The summed E-state index contributed by atoms with van der Waals surface area (Å²) in [5.74, 6) is -1.28. The second kappa shape index (κ2) is 9.66. The third kappa shape index (κ3) is 5.24. The van der Waals surface area contributed by atoms with Crippen LogP contribution in [0.3, 0.4) is 0 Å². The maximum absolute atomic E-state index is 13.4. The van der Waals surface area contributed by atoms with Gasteiger partial charge in [0.05, 0.1) is 20.4 Å². The predicted molar refractivity (Wildman–Crippen MR) is 139 cm³/mol. The molecular weight excluding hydrogens is 534 g/mol. The van der Waals surface area contributed by atoms with E-state index in [1.54, 1.807) is 19.9 Å². The van der Waals surface area contributed by atoms with Gasteiger partial charge < -0.3 is 0 Å². The van der Waals surface area contributed by atoms with Crippen LogP contribution in [0.1, 0.15) is 11.1 Å². The van der Waals surface area contributed by atoms with Gasteiger partial charge in [0, 0.05) is 0 Å². The SMILES string of the molecule is Cc1ccc(S(=O)(=O)C2=CC(=NS(=O)(=O)c3ccccc3)C=C(S(=O)(=O)c3ccc(C)cc3)C2=O)cc1. The average Bonchev–Trinajstić information content (AvgIpc) is 2.85. The van der Waals surface area contributed by atoms with Crippen LogP contribution in [-0.4, -0.2) is 36.7 Å². The van der Waals surface area contributed by atoms with Crippen molar-refractivity contribution in [2.24, 2.45) is 4.40 Å². The molecule has 190 valence electrons. The Morgan fingerprint density at radius 1 is 0.541 bits per heavy atom. The fourth-order valence-electron chi connectivity index (χ4n) is 3.49. The number of sulfone groups is 2. The Labute approximate surface area is 215 Å². The fraction of sp³-hybridized carbons (Fsp3) is 0.0769. The maximum atomic E-state index is 13.4. The largest absolute Gasteiger partial charge is 0.287 e. The summed E-state index contributed by atoms with van der Waals surface area (Å²) in [5, 5.41) is 0. The van der Waals surface area contributed by atoms with Gasteiger partial charge in [-0.15, -0.1) is 0 Å². The molecule has 0 saturated carbocycles. The molecule has 0 amide bonds. The van der Waals surface area contributed by atoms with Crippen molar-refractivity contribution in [3.8, 4) is 0 Å². The first-order valence-electron chi connectivity index (χ1n) is 10.8. The molecule has 1 aliphatic carbocycles. The fourth-order valence-corrected chi connectivity index (χ4v) is 7.30. The molecule has 0 bridgehead atoms. The molecule has 0 aromatic heterocycles. The van der Waals surface area contributed by atoms with Gasteiger partial charge in [0.2, 0.25) is 25.5 Å². The van der Waals surface area contributed by atoms with Crippen molar-refractivity contribution in [2.45, 2.75) is 28.5 Å². The standard InChI is InChI=1S/C26H21NO7S3/c1-18-8-12-21(13-9-18)35(29,30)24-16-20(27-37(33,34)23-6-4-3-5-7-23)17-25(26(24)28)36(31,32)22-14-10-19(2)11-15-22/h3-17H,1-2H3. The number of sulfonamides is 1. The van der Waals surface area contributed by atoms with E-state index in [1.807, 2.05) is 0 Å².